The molecule has 1 aromatic heterocycles. The summed E-state index contributed by atoms with van der Waals surface area (Å²) >= 11 is 0. The molecule has 0 aliphatic rings. The highest BCUT2D eigenvalue weighted by Gasteiger charge is 2.31. The van der Waals surface area contributed by atoms with Crippen LogP contribution in [-0.4, -0.2) is 16.1 Å². The number of hydrogen-bond acceptors (Lipinski definition) is 3. The number of ether oxygens (including phenoxy) is 2. The van der Waals surface area contributed by atoms with E-state index in [0.717, 1.165) is 16.6 Å². The van der Waals surface area contributed by atoms with Crippen LogP contribution in [0.25, 0.3) is 10.9 Å². The fraction of sp³-hybridized carbons (Fsp3) is 0.235. The largest absolute Gasteiger partial charge is 0.573 e. The summed E-state index contributed by atoms with van der Waals surface area (Å²) in [4.78, 5) is 0. The topological polar surface area (TPSA) is 36.3 Å². The van der Waals surface area contributed by atoms with Crippen LogP contribution in [0.15, 0.2) is 48.5 Å². The quantitative estimate of drug-likeness (QED) is 0.698. The van der Waals surface area contributed by atoms with Crippen molar-refractivity contribution >= 4 is 10.9 Å². The summed E-state index contributed by atoms with van der Waals surface area (Å²) in [7, 11) is 1.85. The van der Waals surface area contributed by atoms with Gasteiger partial charge in [0.05, 0.1) is 5.52 Å². The average molecular weight is 336 g/mol. The van der Waals surface area contributed by atoms with Gasteiger partial charge in [-0.1, -0.05) is 18.2 Å². The van der Waals surface area contributed by atoms with E-state index >= 15 is 0 Å². The summed E-state index contributed by atoms with van der Waals surface area (Å²) in [5, 5.41) is 5.45. The van der Waals surface area contributed by atoms with Gasteiger partial charge in [0, 0.05) is 12.4 Å². The number of alkyl halides is 3. The van der Waals surface area contributed by atoms with Gasteiger partial charge in [-0.05, 0) is 37.3 Å². The second-order valence-electron chi connectivity index (χ2n) is 5.31. The van der Waals surface area contributed by atoms with Gasteiger partial charge in [-0.15, -0.1) is 13.2 Å². The number of benzene rings is 2. The number of para-hydroxylation sites is 1. The standard InChI is InChI=1S/C17H15F3N2O2/c1-11(16-14-5-3-4-6-15(14)22(2)21-16)23-12-7-9-13(10-8-12)24-17(18,19)20/h3-11H,1-2H3. The minimum Gasteiger partial charge on any atom is -0.484 e. The van der Waals surface area contributed by atoms with Gasteiger partial charge in [-0.25, -0.2) is 0 Å². The van der Waals surface area contributed by atoms with E-state index in [2.05, 4.69) is 9.84 Å². The highest BCUT2D eigenvalue weighted by Crippen LogP contribution is 2.29. The Bertz CT molecular complexity index is 841. The van der Waals surface area contributed by atoms with E-state index in [-0.39, 0.29) is 11.9 Å². The van der Waals surface area contributed by atoms with E-state index in [1.165, 1.54) is 24.3 Å². The van der Waals surface area contributed by atoms with Crippen molar-refractivity contribution in [3.8, 4) is 11.5 Å². The molecule has 0 bridgehead atoms. The molecule has 0 amide bonds. The van der Waals surface area contributed by atoms with Gasteiger partial charge in [0.15, 0.2) is 0 Å². The van der Waals surface area contributed by atoms with Crippen molar-refractivity contribution < 1.29 is 22.6 Å². The third-order valence-corrected chi connectivity index (χ3v) is 3.54. The Labute approximate surface area is 136 Å². The van der Waals surface area contributed by atoms with Crippen molar-refractivity contribution in [2.45, 2.75) is 19.4 Å². The summed E-state index contributed by atoms with van der Waals surface area (Å²) in [5.74, 6) is 0.151. The molecule has 0 saturated carbocycles. The monoisotopic (exact) mass is 336 g/mol. The maximum atomic E-state index is 12.2. The van der Waals surface area contributed by atoms with E-state index in [4.69, 9.17) is 4.74 Å². The van der Waals surface area contributed by atoms with Crippen LogP contribution in [0.1, 0.15) is 18.7 Å². The van der Waals surface area contributed by atoms with Crippen molar-refractivity contribution in [3.63, 3.8) is 0 Å². The molecule has 126 valence electrons. The summed E-state index contributed by atoms with van der Waals surface area (Å²) in [5.41, 5.74) is 1.75. The molecule has 1 atom stereocenters. The van der Waals surface area contributed by atoms with Gasteiger partial charge >= 0.3 is 6.36 Å². The third-order valence-electron chi connectivity index (χ3n) is 3.54. The van der Waals surface area contributed by atoms with E-state index in [9.17, 15) is 13.2 Å². The van der Waals surface area contributed by atoms with Crippen molar-refractivity contribution in [2.75, 3.05) is 0 Å². The van der Waals surface area contributed by atoms with Crippen LogP contribution < -0.4 is 9.47 Å². The highest BCUT2D eigenvalue weighted by atomic mass is 19.4. The summed E-state index contributed by atoms with van der Waals surface area (Å²) in [6.07, 6.45) is -5.06. The van der Waals surface area contributed by atoms with Crippen LogP contribution in [0.3, 0.4) is 0 Å². The maximum Gasteiger partial charge on any atom is 0.573 e. The number of rotatable bonds is 4. The molecule has 0 saturated heterocycles. The first-order chi connectivity index (χ1) is 11.3. The molecule has 0 spiro atoms. The van der Waals surface area contributed by atoms with Gasteiger partial charge < -0.3 is 9.47 Å². The predicted molar refractivity (Wildman–Crippen MR) is 82.9 cm³/mol. The Morgan fingerprint density at radius 3 is 2.29 bits per heavy atom. The average Bonchev–Trinajstić information content (AvgIpc) is 2.86. The van der Waals surface area contributed by atoms with E-state index in [1.807, 2.05) is 38.2 Å². The number of hydrogen-bond donors (Lipinski definition) is 0. The van der Waals surface area contributed by atoms with Crippen molar-refractivity contribution in [1.29, 1.82) is 0 Å². The molecule has 0 fully saturated rings. The van der Waals surface area contributed by atoms with Gasteiger partial charge in [0.1, 0.15) is 23.3 Å². The molecule has 0 aliphatic carbocycles. The molecule has 2 aromatic carbocycles. The molecule has 24 heavy (non-hydrogen) atoms. The first-order valence-corrected chi connectivity index (χ1v) is 7.27. The molecule has 0 radical (unpaired) electrons. The lowest BCUT2D eigenvalue weighted by molar-refractivity contribution is -0.274. The van der Waals surface area contributed by atoms with Crippen molar-refractivity contribution in [2.24, 2.45) is 7.05 Å². The molecule has 0 aliphatic heterocycles. The van der Waals surface area contributed by atoms with E-state index < -0.39 is 6.36 Å². The summed E-state index contributed by atoms with van der Waals surface area (Å²) < 4.78 is 47.9. The first kappa shape index (κ1) is 16.2. The van der Waals surface area contributed by atoms with Crippen LogP contribution >= 0.6 is 0 Å². The zero-order valence-electron chi connectivity index (χ0n) is 13.0. The predicted octanol–water partition coefficient (Wildman–Crippen LogP) is 4.61. The number of nitrogens with zero attached hydrogens (tertiary/aromatic N) is 2. The smallest absolute Gasteiger partial charge is 0.484 e. The van der Waals surface area contributed by atoms with Gasteiger partial charge in [0.25, 0.3) is 0 Å². The van der Waals surface area contributed by atoms with Crippen molar-refractivity contribution in [1.82, 2.24) is 9.78 Å². The Morgan fingerprint density at radius 2 is 1.62 bits per heavy atom. The normalized spacial score (nSPS) is 13.0. The Balaban J connectivity index is 1.78. The lowest BCUT2D eigenvalue weighted by Gasteiger charge is -2.14. The van der Waals surface area contributed by atoms with Crippen LogP contribution in [0.2, 0.25) is 0 Å². The van der Waals surface area contributed by atoms with Crippen LogP contribution in [0.4, 0.5) is 13.2 Å². The Morgan fingerprint density at radius 1 is 1.00 bits per heavy atom. The van der Waals surface area contributed by atoms with E-state index in [1.54, 1.807) is 4.68 Å². The molecular formula is C17H15F3N2O2. The molecule has 1 heterocycles. The Kier molecular flexibility index (Phi) is 4.09. The molecule has 3 rings (SSSR count). The SMILES string of the molecule is CC(Oc1ccc(OC(F)(F)F)cc1)c1nn(C)c2ccccc12. The van der Waals surface area contributed by atoms with Crippen LogP contribution in [-0.2, 0) is 7.05 Å². The fourth-order valence-electron chi connectivity index (χ4n) is 2.52. The number of aromatic nitrogens is 2. The first-order valence-electron chi connectivity index (χ1n) is 7.27. The highest BCUT2D eigenvalue weighted by molar-refractivity contribution is 5.82. The maximum absolute atomic E-state index is 12.2. The second-order valence-corrected chi connectivity index (χ2v) is 5.31. The molecular weight excluding hydrogens is 321 g/mol. The summed E-state index contributed by atoms with van der Waals surface area (Å²) in [6, 6.07) is 13.1. The second kappa shape index (κ2) is 6.07. The van der Waals surface area contributed by atoms with Crippen LogP contribution in [0, 0.1) is 0 Å². The van der Waals surface area contributed by atoms with Gasteiger partial charge in [-0.2, -0.15) is 5.10 Å². The molecule has 4 nitrogen and oxygen atoms in total. The zero-order valence-corrected chi connectivity index (χ0v) is 13.0. The van der Waals surface area contributed by atoms with E-state index in [0.29, 0.717) is 5.75 Å². The van der Waals surface area contributed by atoms with Crippen molar-refractivity contribution in [3.05, 3.63) is 54.2 Å². The fourth-order valence-corrected chi connectivity index (χ4v) is 2.52. The lowest BCUT2D eigenvalue weighted by Crippen LogP contribution is -2.17. The zero-order chi connectivity index (χ0) is 17.3. The summed E-state index contributed by atoms with van der Waals surface area (Å²) in [6.45, 7) is 1.84. The lowest BCUT2D eigenvalue weighted by atomic mass is 10.1. The molecule has 0 N–H and O–H groups in total. The number of aryl methyl sites for hydroxylation is 1. The molecule has 7 heteroatoms. The minimum absolute atomic E-state index is 0.286. The molecule has 1 unspecified atom stereocenters. The van der Waals surface area contributed by atoms with Gasteiger partial charge in [0.2, 0.25) is 0 Å². The number of fused-ring (bicyclic) bond motifs is 1. The number of halogens is 3. The molecule has 3 aromatic rings. The van der Waals surface area contributed by atoms with Crippen LogP contribution in [0.5, 0.6) is 11.5 Å². The minimum atomic E-state index is -4.71. The Hall–Kier alpha value is -2.70. The van der Waals surface area contributed by atoms with Gasteiger partial charge in [-0.3, -0.25) is 4.68 Å². The third kappa shape index (κ3) is 3.45.